The molecule has 0 aromatic heterocycles. The fraction of sp³-hybridized carbons (Fsp3) is 0.875. The third kappa shape index (κ3) is 2.60. The van der Waals surface area contributed by atoms with Crippen molar-refractivity contribution in [1.82, 2.24) is 10.6 Å². The Morgan fingerprint density at radius 3 is 2.38 bits per heavy atom. The first-order chi connectivity index (χ1) is 7.51. The molecular weight excluding hydrogens is 218 g/mol. The monoisotopic (exact) mass is 235 g/mol. The number of aliphatic hydroxyl groups excluding tert-OH is 4. The lowest BCUT2D eigenvalue weighted by atomic mass is 9.98. The number of hydrogen-bond acceptors (Lipinski definition) is 6. The fourth-order valence-corrected chi connectivity index (χ4v) is 1.44. The third-order valence-electron chi connectivity index (χ3n) is 2.43. The van der Waals surface area contributed by atoms with Gasteiger partial charge in [-0.05, 0) is 0 Å². The van der Waals surface area contributed by atoms with Crippen molar-refractivity contribution in [1.29, 1.82) is 5.41 Å². The smallest absolute Gasteiger partial charge is 0.190 e. The molecule has 0 bridgehead atoms. The van der Waals surface area contributed by atoms with Crippen LogP contribution in [0.3, 0.4) is 0 Å². The molecule has 8 heteroatoms. The second kappa shape index (κ2) is 5.41. The van der Waals surface area contributed by atoms with Crippen molar-refractivity contribution in [2.45, 2.75) is 30.6 Å². The molecule has 94 valence electrons. The molecule has 1 saturated heterocycles. The molecule has 0 radical (unpaired) electrons. The minimum absolute atomic E-state index is 0.107. The number of nitrogens with one attached hydrogen (secondary N) is 3. The van der Waals surface area contributed by atoms with Crippen molar-refractivity contribution >= 4 is 5.96 Å². The summed E-state index contributed by atoms with van der Waals surface area (Å²) in [7, 11) is 1.50. The average Bonchev–Trinajstić information content (AvgIpc) is 2.29. The van der Waals surface area contributed by atoms with Gasteiger partial charge >= 0.3 is 0 Å². The van der Waals surface area contributed by atoms with Crippen LogP contribution >= 0.6 is 0 Å². The second-order valence-electron chi connectivity index (χ2n) is 3.52. The molecule has 1 aliphatic rings. The molecule has 16 heavy (non-hydrogen) atoms. The van der Waals surface area contributed by atoms with Crippen molar-refractivity contribution in [3.8, 4) is 0 Å². The topological polar surface area (TPSA) is 138 Å². The van der Waals surface area contributed by atoms with Crippen molar-refractivity contribution in [2.75, 3.05) is 13.7 Å². The maximum Gasteiger partial charge on any atom is 0.190 e. The predicted octanol–water partition coefficient (Wildman–Crippen LogP) is -3.47. The Kier molecular flexibility index (Phi) is 4.44. The molecule has 0 aliphatic carbocycles. The van der Waals surface area contributed by atoms with Gasteiger partial charge in [-0.15, -0.1) is 0 Å². The number of guanidine groups is 1. The first-order valence-electron chi connectivity index (χ1n) is 4.84. The largest absolute Gasteiger partial charge is 0.394 e. The predicted molar refractivity (Wildman–Crippen MR) is 53.7 cm³/mol. The van der Waals surface area contributed by atoms with Gasteiger partial charge in [0.05, 0.1) is 6.61 Å². The van der Waals surface area contributed by atoms with E-state index in [2.05, 4.69) is 10.6 Å². The minimum atomic E-state index is -1.44. The van der Waals surface area contributed by atoms with Gasteiger partial charge < -0.3 is 35.8 Å². The van der Waals surface area contributed by atoms with Crippen molar-refractivity contribution < 1.29 is 25.2 Å². The molecule has 1 fully saturated rings. The Labute approximate surface area is 92.4 Å². The van der Waals surface area contributed by atoms with Gasteiger partial charge in [0.1, 0.15) is 24.4 Å². The summed E-state index contributed by atoms with van der Waals surface area (Å²) in [5, 5.41) is 49.6. The standard InChI is InChI=1S/C8H17N3O5/c1-10-8(9)11-7-6(15)5(14)4(13)3(2-12)16-7/h3-7,12-15H,2H2,1H3,(H3,9,10,11)/t3-,4-,5+,6-,7-/m1/s1. The van der Waals surface area contributed by atoms with E-state index >= 15 is 0 Å². The average molecular weight is 235 g/mol. The van der Waals surface area contributed by atoms with E-state index in [1.54, 1.807) is 0 Å². The van der Waals surface area contributed by atoms with Crippen LogP contribution in [0.25, 0.3) is 0 Å². The van der Waals surface area contributed by atoms with E-state index in [-0.39, 0.29) is 5.96 Å². The van der Waals surface area contributed by atoms with Crippen molar-refractivity contribution in [3.05, 3.63) is 0 Å². The van der Waals surface area contributed by atoms with Crippen LogP contribution in [0.5, 0.6) is 0 Å². The molecule has 1 aliphatic heterocycles. The van der Waals surface area contributed by atoms with Crippen LogP contribution in [-0.2, 0) is 4.74 Å². The molecule has 1 heterocycles. The minimum Gasteiger partial charge on any atom is -0.394 e. The second-order valence-corrected chi connectivity index (χ2v) is 3.52. The molecule has 0 unspecified atom stereocenters. The Balaban J connectivity index is 2.67. The summed E-state index contributed by atoms with van der Waals surface area (Å²) < 4.78 is 5.10. The Morgan fingerprint density at radius 1 is 1.25 bits per heavy atom. The molecule has 0 spiro atoms. The van der Waals surface area contributed by atoms with Gasteiger partial charge in [0.25, 0.3) is 0 Å². The lowest BCUT2D eigenvalue weighted by Gasteiger charge is -2.40. The summed E-state index contributed by atoms with van der Waals surface area (Å²) in [6, 6.07) is 0. The van der Waals surface area contributed by atoms with Gasteiger partial charge in [0.2, 0.25) is 0 Å². The van der Waals surface area contributed by atoms with E-state index in [1.807, 2.05) is 0 Å². The Morgan fingerprint density at radius 2 is 1.88 bits per heavy atom. The maximum absolute atomic E-state index is 9.56. The van der Waals surface area contributed by atoms with E-state index in [9.17, 15) is 15.3 Å². The lowest BCUT2D eigenvalue weighted by molar-refractivity contribution is -0.232. The van der Waals surface area contributed by atoms with E-state index in [0.29, 0.717) is 0 Å². The SMILES string of the molecule is CNC(=N)N[C@@H]1O[C@H](CO)[C@@H](O)[C@H](O)[C@H]1O. The van der Waals surface area contributed by atoms with Crippen molar-refractivity contribution in [3.63, 3.8) is 0 Å². The molecule has 0 aromatic carbocycles. The van der Waals surface area contributed by atoms with Gasteiger partial charge in [-0.3, -0.25) is 5.41 Å². The van der Waals surface area contributed by atoms with E-state index in [0.717, 1.165) is 0 Å². The summed E-state index contributed by atoms with van der Waals surface area (Å²) in [5.41, 5.74) is 0. The highest BCUT2D eigenvalue weighted by Crippen LogP contribution is 2.19. The quantitative estimate of drug-likeness (QED) is 0.195. The molecule has 1 rings (SSSR count). The van der Waals surface area contributed by atoms with Gasteiger partial charge in [-0.1, -0.05) is 0 Å². The maximum atomic E-state index is 9.56. The van der Waals surface area contributed by atoms with Crippen LogP contribution in [0, 0.1) is 5.41 Å². The number of aliphatic hydroxyl groups is 4. The molecule has 7 N–H and O–H groups in total. The van der Waals surface area contributed by atoms with Crippen LogP contribution in [-0.4, -0.2) is 70.7 Å². The highest BCUT2D eigenvalue weighted by molar-refractivity contribution is 5.76. The van der Waals surface area contributed by atoms with Crippen LogP contribution in [0.1, 0.15) is 0 Å². The fourth-order valence-electron chi connectivity index (χ4n) is 1.44. The number of ether oxygens (including phenoxy) is 1. The lowest BCUT2D eigenvalue weighted by Crippen LogP contribution is -2.64. The normalized spacial score (nSPS) is 39.2. The summed E-state index contributed by atoms with van der Waals surface area (Å²) in [4.78, 5) is 0. The Bertz CT molecular complexity index is 250. The Hall–Kier alpha value is -0.930. The van der Waals surface area contributed by atoms with E-state index < -0.39 is 37.3 Å². The van der Waals surface area contributed by atoms with Crippen LogP contribution in [0.2, 0.25) is 0 Å². The summed E-state index contributed by atoms with van der Waals surface area (Å²) >= 11 is 0. The zero-order chi connectivity index (χ0) is 12.3. The van der Waals surface area contributed by atoms with Crippen LogP contribution in [0.15, 0.2) is 0 Å². The molecule has 8 nitrogen and oxygen atoms in total. The molecule has 0 amide bonds. The summed E-state index contributed by atoms with van der Waals surface area (Å²) in [6.45, 7) is -0.490. The van der Waals surface area contributed by atoms with Crippen LogP contribution < -0.4 is 10.6 Å². The number of hydrogen-bond donors (Lipinski definition) is 7. The molecule has 5 atom stereocenters. The molecule has 0 saturated carbocycles. The summed E-state index contributed by atoms with van der Waals surface area (Å²) in [5.74, 6) is -0.107. The third-order valence-corrected chi connectivity index (χ3v) is 2.43. The van der Waals surface area contributed by atoms with Gasteiger partial charge in [-0.2, -0.15) is 0 Å². The summed E-state index contributed by atoms with van der Waals surface area (Å²) in [6.07, 6.45) is -6.24. The van der Waals surface area contributed by atoms with Crippen LogP contribution in [0.4, 0.5) is 0 Å². The highest BCUT2D eigenvalue weighted by atomic mass is 16.6. The number of rotatable bonds is 2. The van der Waals surface area contributed by atoms with Crippen molar-refractivity contribution in [2.24, 2.45) is 0 Å². The van der Waals surface area contributed by atoms with Gasteiger partial charge in [0.15, 0.2) is 12.2 Å². The van der Waals surface area contributed by atoms with E-state index in [4.69, 9.17) is 15.3 Å². The first-order valence-corrected chi connectivity index (χ1v) is 4.84. The van der Waals surface area contributed by atoms with E-state index in [1.165, 1.54) is 7.05 Å². The zero-order valence-corrected chi connectivity index (χ0v) is 8.79. The first kappa shape index (κ1) is 13.1. The molecular formula is C8H17N3O5. The molecule has 0 aromatic rings. The van der Waals surface area contributed by atoms with Gasteiger partial charge in [-0.25, -0.2) is 0 Å². The van der Waals surface area contributed by atoms with Gasteiger partial charge in [0, 0.05) is 7.05 Å². The zero-order valence-electron chi connectivity index (χ0n) is 8.79. The highest BCUT2D eigenvalue weighted by Gasteiger charge is 2.43.